The monoisotopic (exact) mass is 358 g/mol. The van der Waals surface area contributed by atoms with Gasteiger partial charge in [-0.15, -0.1) is 14.8 Å². The zero-order valence-electron chi connectivity index (χ0n) is 14.7. The molecule has 2 aromatic heterocycles. The number of anilines is 1. The highest BCUT2D eigenvalue weighted by Crippen LogP contribution is 2.20. The zero-order chi connectivity index (χ0) is 18.1. The average molecular weight is 358 g/mol. The van der Waals surface area contributed by atoms with Gasteiger partial charge in [0.15, 0.2) is 11.5 Å². The maximum atomic E-state index is 12.5. The fourth-order valence-electron chi connectivity index (χ4n) is 3.67. The van der Waals surface area contributed by atoms with Gasteiger partial charge in [0, 0.05) is 44.6 Å². The lowest BCUT2D eigenvalue weighted by molar-refractivity contribution is -0.132. The molecular weight excluding hydrogens is 336 g/mol. The molecule has 2 saturated heterocycles. The Morgan fingerprint density at radius 1 is 1.35 bits per heavy atom. The lowest BCUT2D eigenvalue weighted by Crippen LogP contribution is -2.54. The van der Waals surface area contributed by atoms with Crippen LogP contribution in [0.2, 0.25) is 0 Å². The Bertz CT molecular complexity index is 821. The highest BCUT2D eigenvalue weighted by atomic mass is 16.2. The van der Waals surface area contributed by atoms with Crippen LogP contribution in [0.15, 0.2) is 12.1 Å². The van der Waals surface area contributed by atoms with Gasteiger partial charge in [-0.25, -0.2) is 0 Å². The van der Waals surface area contributed by atoms with Gasteiger partial charge in [0.25, 0.3) is 0 Å². The smallest absolute Gasteiger partial charge is 0.222 e. The number of amides is 2. The average Bonchev–Trinajstić information content (AvgIpc) is 3.27. The van der Waals surface area contributed by atoms with Crippen molar-refractivity contribution in [3.8, 4) is 0 Å². The summed E-state index contributed by atoms with van der Waals surface area (Å²) in [4.78, 5) is 27.8. The second-order valence-corrected chi connectivity index (χ2v) is 6.94. The second kappa shape index (κ2) is 6.85. The first-order valence-corrected chi connectivity index (χ1v) is 8.99. The van der Waals surface area contributed by atoms with Gasteiger partial charge in [0.2, 0.25) is 11.8 Å². The van der Waals surface area contributed by atoms with Crippen LogP contribution in [0.25, 0.3) is 5.65 Å². The first kappa shape index (κ1) is 16.7. The predicted molar refractivity (Wildman–Crippen MR) is 92.4 cm³/mol. The van der Waals surface area contributed by atoms with E-state index < -0.39 is 0 Å². The van der Waals surface area contributed by atoms with Crippen LogP contribution in [0.4, 0.5) is 5.82 Å². The van der Waals surface area contributed by atoms with E-state index in [1.165, 1.54) is 4.63 Å². The molecule has 2 fully saturated rings. The largest absolute Gasteiger partial charge is 0.353 e. The number of hydrogen-bond acceptors (Lipinski definition) is 7. The minimum absolute atomic E-state index is 0.0942. The van der Waals surface area contributed by atoms with Gasteiger partial charge in [0.1, 0.15) is 0 Å². The van der Waals surface area contributed by atoms with Gasteiger partial charge >= 0.3 is 0 Å². The number of tetrazole rings is 1. The van der Waals surface area contributed by atoms with E-state index in [0.29, 0.717) is 38.1 Å². The minimum atomic E-state index is 0.0942. The number of rotatable bonds is 4. The van der Waals surface area contributed by atoms with Crippen LogP contribution in [-0.2, 0) is 9.59 Å². The number of nitrogens with zero attached hydrogens (tertiary/aromatic N) is 7. The molecule has 0 radical (unpaired) electrons. The normalized spacial score (nSPS) is 23.5. The summed E-state index contributed by atoms with van der Waals surface area (Å²) in [5, 5.41) is 18.6. The quantitative estimate of drug-likeness (QED) is 0.793. The maximum absolute atomic E-state index is 12.5. The van der Waals surface area contributed by atoms with Crippen molar-refractivity contribution in [1.29, 1.82) is 0 Å². The maximum Gasteiger partial charge on any atom is 0.222 e. The van der Waals surface area contributed by atoms with Crippen molar-refractivity contribution in [2.45, 2.75) is 44.7 Å². The summed E-state index contributed by atoms with van der Waals surface area (Å²) in [6.45, 7) is 4.12. The van der Waals surface area contributed by atoms with E-state index in [-0.39, 0.29) is 23.9 Å². The summed E-state index contributed by atoms with van der Waals surface area (Å²) in [6, 6.07) is 4.04. The molecule has 10 nitrogen and oxygen atoms in total. The lowest BCUT2D eigenvalue weighted by atomic mass is 10.1. The van der Waals surface area contributed by atoms with E-state index in [9.17, 15) is 9.59 Å². The fourth-order valence-corrected chi connectivity index (χ4v) is 3.67. The molecule has 2 aliphatic heterocycles. The molecule has 0 spiro atoms. The molecule has 2 aliphatic rings. The number of carbonyl (C=O) groups is 2. The zero-order valence-corrected chi connectivity index (χ0v) is 14.7. The third-order valence-electron chi connectivity index (χ3n) is 5.12. The van der Waals surface area contributed by atoms with Crippen molar-refractivity contribution in [1.82, 2.24) is 35.5 Å². The highest BCUT2D eigenvalue weighted by molar-refractivity contribution is 5.79. The molecule has 138 valence electrons. The number of carbonyl (C=O) groups excluding carboxylic acids is 2. The van der Waals surface area contributed by atoms with Gasteiger partial charge in [-0.1, -0.05) is 0 Å². The first-order valence-electron chi connectivity index (χ1n) is 8.99. The van der Waals surface area contributed by atoms with E-state index in [1.807, 2.05) is 17.0 Å². The van der Waals surface area contributed by atoms with E-state index in [4.69, 9.17) is 0 Å². The molecule has 26 heavy (non-hydrogen) atoms. The molecule has 1 N–H and O–H groups in total. The van der Waals surface area contributed by atoms with Crippen LogP contribution in [-0.4, -0.2) is 73.7 Å². The molecular formula is C16H22N8O2. The molecule has 0 saturated carbocycles. The van der Waals surface area contributed by atoms with Crippen LogP contribution in [0, 0.1) is 0 Å². The molecule has 2 atom stereocenters. The Kier molecular flexibility index (Phi) is 4.39. The summed E-state index contributed by atoms with van der Waals surface area (Å²) in [5.41, 5.74) is 0.606. The van der Waals surface area contributed by atoms with Crippen LogP contribution < -0.4 is 10.2 Å². The Morgan fingerprint density at radius 2 is 2.23 bits per heavy atom. The lowest BCUT2D eigenvalue weighted by Gasteiger charge is -2.40. The van der Waals surface area contributed by atoms with Crippen LogP contribution in [0.3, 0.4) is 0 Å². The predicted octanol–water partition coefficient (Wildman–Crippen LogP) is -0.385. The highest BCUT2D eigenvalue weighted by Gasteiger charge is 2.29. The summed E-state index contributed by atoms with van der Waals surface area (Å²) in [6.07, 6.45) is 2.61. The number of piperazine rings is 1. The minimum Gasteiger partial charge on any atom is -0.353 e. The molecule has 0 aliphatic carbocycles. The summed E-state index contributed by atoms with van der Waals surface area (Å²) in [7, 11) is 0. The number of nitrogens with one attached hydrogen (secondary N) is 1. The molecule has 2 unspecified atom stereocenters. The number of hydrogen-bond donors (Lipinski definition) is 1. The Balaban J connectivity index is 1.33. The Labute approximate surface area is 150 Å². The van der Waals surface area contributed by atoms with Gasteiger partial charge in [0.05, 0.1) is 0 Å². The molecule has 0 aromatic carbocycles. The van der Waals surface area contributed by atoms with E-state index in [1.54, 1.807) is 0 Å². The van der Waals surface area contributed by atoms with Crippen LogP contribution >= 0.6 is 0 Å². The van der Waals surface area contributed by atoms with Gasteiger partial charge in [-0.05, 0) is 42.3 Å². The Morgan fingerprint density at radius 3 is 3.00 bits per heavy atom. The van der Waals surface area contributed by atoms with E-state index in [0.717, 1.165) is 18.7 Å². The van der Waals surface area contributed by atoms with Gasteiger partial charge in [-0.3, -0.25) is 9.59 Å². The number of fused-ring (bicyclic) bond motifs is 1. The van der Waals surface area contributed by atoms with Crippen molar-refractivity contribution in [2.24, 2.45) is 0 Å². The van der Waals surface area contributed by atoms with Gasteiger partial charge < -0.3 is 15.1 Å². The van der Waals surface area contributed by atoms with Crippen molar-refractivity contribution in [3.05, 3.63) is 12.1 Å². The fraction of sp³-hybridized carbons (Fsp3) is 0.625. The summed E-state index contributed by atoms with van der Waals surface area (Å²) < 4.78 is 1.41. The SMILES string of the molecule is CC1CN(C(=O)CCC2CCC(=O)N2)CCN1c1ccc2nnnn2n1. The van der Waals surface area contributed by atoms with Crippen molar-refractivity contribution in [3.63, 3.8) is 0 Å². The number of aromatic nitrogens is 5. The van der Waals surface area contributed by atoms with Crippen LogP contribution in [0.5, 0.6) is 0 Å². The second-order valence-electron chi connectivity index (χ2n) is 6.94. The van der Waals surface area contributed by atoms with Crippen molar-refractivity contribution >= 4 is 23.3 Å². The van der Waals surface area contributed by atoms with E-state index in [2.05, 4.69) is 37.8 Å². The molecule has 0 bridgehead atoms. The standard InChI is InChI=1S/C16H22N8O2/c1-11-10-22(16(26)7-3-12-2-6-15(25)17-12)8-9-23(11)14-5-4-13-18-20-21-24(13)19-14/h4-5,11-12H,2-3,6-10H2,1H3,(H,17,25). The van der Waals surface area contributed by atoms with Crippen LogP contribution in [0.1, 0.15) is 32.6 Å². The molecule has 4 rings (SSSR count). The molecule has 4 heterocycles. The summed E-state index contributed by atoms with van der Waals surface area (Å²) in [5.74, 6) is 1.05. The van der Waals surface area contributed by atoms with Crippen molar-refractivity contribution in [2.75, 3.05) is 24.5 Å². The third-order valence-corrected chi connectivity index (χ3v) is 5.12. The molecule has 10 heteroatoms. The first-order chi connectivity index (χ1) is 12.6. The van der Waals surface area contributed by atoms with Gasteiger partial charge in [-0.2, -0.15) is 0 Å². The Hall–Kier alpha value is -2.78. The topological polar surface area (TPSA) is 109 Å². The molecule has 2 amide bonds. The van der Waals surface area contributed by atoms with Crippen molar-refractivity contribution < 1.29 is 9.59 Å². The summed E-state index contributed by atoms with van der Waals surface area (Å²) >= 11 is 0. The third kappa shape index (κ3) is 3.31. The molecule has 2 aromatic rings. The van der Waals surface area contributed by atoms with E-state index >= 15 is 0 Å².